The molecule has 0 aliphatic rings. The van der Waals surface area contributed by atoms with Gasteiger partial charge in [0.05, 0.1) is 22.4 Å². The van der Waals surface area contributed by atoms with E-state index in [-0.39, 0.29) is 0 Å². The maximum atomic E-state index is 4.66. The van der Waals surface area contributed by atoms with Gasteiger partial charge in [-0.1, -0.05) is 18.2 Å². The quantitative estimate of drug-likeness (QED) is 0.560. The zero-order valence-corrected chi connectivity index (χ0v) is 14.3. The normalized spacial score (nSPS) is 12.1. The van der Waals surface area contributed by atoms with Gasteiger partial charge in [0.25, 0.3) is 0 Å². The fourth-order valence-corrected chi connectivity index (χ4v) is 2.46. The number of hydrazone groups is 1. The van der Waals surface area contributed by atoms with E-state index in [2.05, 4.69) is 50.1 Å². The Morgan fingerprint density at radius 1 is 1.17 bits per heavy atom. The van der Waals surface area contributed by atoms with Crippen LogP contribution < -0.4 is 5.43 Å². The molecule has 0 spiro atoms. The number of hydrogen-bond donors (Lipinski definition) is 1. The van der Waals surface area contributed by atoms with Crippen molar-refractivity contribution in [2.45, 2.75) is 13.5 Å². The number of pyridine rings is 1. The molecule has 124 valence electrons. The van der Waals surface area contributed by atoms with E-state index in [1.165, 1.54) is 0 Å². The van der Waals surface area contributed by atoms with Crippen LogP contribution in [0.3, 0.4) is 0 Å². The van der Waals surface area contributed by atoms with Crippen molar-refractivity contribution in [3.63, 3.8) is 0 Å². The Hall–Kier alpha value is -2.73. The van der Waals surface area contributed by atoms with E-state index in [9.17, 15) is 0 Å². The Balaban J connectivity index is 1.89. The highest BCUT2D eigenvalue weighted by Crippen LogP contribution is 2.19. The van der Waals surface area contributed by atoms with E-state index >= 15 is 0 Å². The summed E-state index contributed by atoms with van der Waals surface area (Å²) in [6.07, 6.45) is 1.76. The van der Waals surface area contributed by atoms with Crippen LogP contribution in [0, 0.1) is 0 Å². The van der Waals surface area contributed by atoms with Crippen LogP contribution in [-0.4, -0.2) is 45.8 Å². The molecule has 0 unspecified atom stereocenters. The number of rotatable bonds is 6. The van der Waals surface area contributed by atoms with Crippen LogP contribution in [0.25, 0.3) is 11.0 Å². The first-order valence-electron chi connectivity index (χ1n) is 7.97. The number of nitrogens with zero attached hydrogens (tertiary/aromatic N) is 5. The Morgan fingerprint density at radius 3 is 2.71 bits per heavy atom. The SMILES string of the molecule is C/C(=N\Nc1nc2ccccc2n1CCN(C)C)c1ccccn1. The van der Waals surface area contributed by atoms with Crippen molar-refractivity contribution in [2.75, 3.05) is 26.1 Å². The molecule has 0 atom stereocenters. The lowest BCUT2D eigenvalue weighted by atomic mass is 10.3. The summed E-state index contributed by atoms with van der Waals surface area (Å²) in [6.45, 7) is 3.70. The summed E-state index contributed by atoms with van der Waals surface area (Å²) < 4.78 is 2.16. The largest absolute Gasteiger partial charge is 0.308 e. The van der Waals surface area contributed by atoms with Crippen LogP contribution in [0.5, 0.6) is 0 Å². The number of anilines is 1. The standard InChI is InChI=1S/C18H22N6/c1-14(15-8-6-7-11-19-15)21-22-18-20-16-9-4-5-10-17(16)24(18)13-12-23(2)3/h4-11H,12-13H2,1-3H3,(H,20,22)/b21-14+. The predicted octanol–water partition coefficient (Wildman–Crippen LogP) is 2.83. The first-order chi connectivity index (χ1) is 11.6. The third kappa shape index (κ3) is 3.60. The van der Waals surface area contributed by atoms with E-state index in [0.29, 0.717) is 0 Å². The molecule has 6 heteroatoms. The van der Waals surface area contributed by atoms with Crippen LogP contribution in [0.2, 0.25) is 0 Å². The van der Waals surface area contributed by atoms with Crippen molar-refractivity contribution in [2.24, 2.45) is 5.10 Å². The maximum absolute atomic E-state index is 4.66. The molecule has 6 nitrogen and oxygen atoms in total. The molecule has 3 rings (SSSR count). The summed E-state index contributed by atoms with van der Waals surface area (Å²) in [4.78, 5) is 11.1. The van der Waals surface area contributed by atoms with Crippen molar-refractivity contribution in [3.05, 3.63) is 54.4 Å². The van der Waals surface area contributed by atoms with E-state index in [4.69, 9.17) is 0 Å². The summed E-state index contributed by atoms with van der Waals surface area (Å²) >= 11 is 0. The number of para-hydroxylation sites is 2. The molecule has 2 aromatic heterocycles. The minimum absolute atomic E-state index is 0.744. The molecule has 0 amide bonds. The van der Waals surface area contributed by atoms with Gasteiger partial charge in [0.1, 0.15) is 0 Å². The molecular weight excluding hydrogens is 300 g/mol. The van der Waals surface area contributed by atoms with E-state index in [0.717, 1.165) is 41.5 Å². The van der Waals surface area contributed by atoms with Gasteiger partial charge >= 0.3 is 0 Å². The number of imidazole rings is 1. The zero-order chi connectivity index (χ0) is 16.9. The van der Waals surface area contributed by atoms with Gasteiger partial charge in [-0.3, -0.25) is 4.98 Å². The van der Waals surface area contributed by atoms with Gasteiger partial charge in [-0.05, 0) is 45.3 Å². The summed E-state index contributed by atoms with van der Waals surface area (Å²) in [5, 5.41) is 4.45. The summed E-state index contributed by atoms with van der Waals surface area (Å²) in [6, 6.07) is 13.9. The lowest BCUT2D eigenvalue weighted by Gasteiger charge is -2.13. The lowest BCUT2D eigenvalue weighted by molar-refractivity contribution is 0.387. The number of fused-ring (bicyclic) bond motifs is 1. The average Bonchev–Trinajstić information content (AvgIpc) is 2.96. The van der Waals surface area contributed by atoms with Gasteiger partial charge in [0.2, 0.25) is 5.95 Å². The third-order valence-electron chi connectivity index (χ3n) is 3.78. The molecule has 0 fully saturated rings. The molecule has 0 radical (unpaired) electrons. The Morgan fingerprint density at radius 2 is 1.96 bits per heavy atom. The van der Waals surface area contributed by atoms with E-state index in [1.807, 2.05) is 43.3 Å². The van der Waals surface area contributed by atoms with E-state index in [1.54, 1.807) is 6.20 Å². The number of likely N-dealkylation sites (N-methyl/N-ethyl adjacent to an activating group) is 1. The van der Waals surface area contributed by atoms with Crippen LogP contribution >= 0.6 is 0 Å². The second-order valence-electron chi connectivity index (χ2n) is 5.90. The second kappa shape index (κ2) is 7.23. The lowest BCUT2D eigenvalue weighted by Crippen LogP contribution is -2.19. The molecule has 3 aromatic rings. The Kier molecular flexibility index (Phi) is 4.86. The number of benzene rings is 1. The van der Waals surface area contributed by atoms with Crippen molar-refractivity contribution in [1.29, 1.82) is 0 Å². The van der Waals surface area contributed by atoms with Gasteiger partial charge in [0.15, 0.2) is 0 Å². The number of nitrogens with one attached hydrogen (secondary N) is 1. The molecule has 0 saturated carbocycles. The smallest absolute Gasteiger partial charge is 0.224 e. The van der Waals surface area contributed by atoms with E-state index < -0.39 is 0 Å². The topological polar surface area (TPSA) is 58.3 Å². The highest BCUT2D eigenvalue weighted by Gasteiger charge is 2.10. The second-order valence-corrected chi connectivity index (χ2v) is 5.90. The first kappa shape index (κ1) is 16.1. The Labute approximate surface area is 141 Å². The molecule has 1 N–H and O–H groups in total. The molecular formula is C18H22N6. The zero-order valence-electron chi connectivity index (χ0n) is 14.3. The van der Waals surface area contributed by atoms with Crippen LogP contribution in [-0.2, 0) is 6.54 Å². The minimum Gasteiger partial charge on any atom is -0.308 e. The fraction of sp³-hybridized carbons (Fsp3) is 0.278. The first-order valence-corrected chi connectivity index (χ1v) is 7.97. The van der Waals surface area contributed by atoms with Crippen molar-refractivity contribution in [3.8, 4) is 0 Å². The number of aromatic nitrogens is 3. The maximum Gasteiger partial charge on any atom is 0.224 e. The number of hydrogen-bond acceptors (Lipinski definition) is 5. The highest BCUT2D eigenvalue weighted by molar-refractivity contribution is 5.97. The predicted molar refractivity (Wildman–Crippen MR) is 98.4 cm³/mol. The van der Waals surface area contributed by atoms with Gasteiger partial charge in [-0.25, -0.2) is 10.4 Å². The molecule has 0 saturated heterocycles. The molecule has 1 aromatic carbocycles. The average molecular weight is 322 g/mol. The highest BCUT2D eigenvalue weighted by atomic mass is 15.4. The summed E-state index contributed by atoms with van der Waals surface area (Å²) in [7, 11) is 4.13. The molecule has 0 aliphatic heterocycles. The van der Waals surface area contributed by atoms with Gasteiger partial charge in [-0.15, -0.1) is 0 Å². The van der Waals surface area contributed by atoms with Gasteiger partial charge in [-0.2, -0.15) is 5.10 Å². The monoisotopic (exact) mass is 322 g/mol. The van der Waals surface area contributed by atoms with Crippen LogP contribution in [0.1, 0.15) is 12.6 Å². The molecule has 24 heavy (non-hydrogen) atoms. The van der Waals surface area contributed by atoms with Crippen LogP contribution in [0.15, 0.2) is 53.8 Å². The van der Waals surface area contributed by atoms with Gasteiger partial charge < -0.3 is 9.47 Å². The van der Waals surface area contributed by atoms with Crippen molar-refractivity contribution >= 4 is 22.7 Å². The fourth-order valence-electron chi connectivity index (χ4n) is 2.46. The van der Waals surface area contributed by atoms with Gasteiger partial charge in [0, 0.05) is 19.3 Å². The van der Waals surface area contributed by atoms with Crippen molar-refractivity contribution < 1.29 is 0 Å². The Bertz CT molecular complexity index is 835. The van der Waals surface area contributed by atoms with Crippen molar-refractivity contribution in [1.82, 2.24) is 19.4 Å². The molecule has 0 aliphatic carbocycles. The molecule has 0 bridgehead atoms. The third-order valence-corrected chi connectivity index (χ3v) is 3.78. The van der Waals surface area contributed by atoms with Crippen LogP contribution in [0.4, 0.5) is 5.95 Å². The molecule has 2 heterocycles. The summed E-state index contributed by atoms with van der Waals surface area (Å²) in [5.41, 5.74) is 6.84. The summed E-state index contributed by atoms with van der Waals surface area (Å²) in [5.74, 6) is 0.744. The minimum atomic E-state index is 0.744.